The Morgan fingerprint density at radius 3 is 2.71 bits per heavy atom. The van der Waals surface area contributed by atoms with Crippen molar-refractivity contribution < 1.29 is 8.62 Å². The van der Waals surface area contributed by atoms with Crippen LogP contribution in [-0.4, -0.2) is 15.7 Å². The Kier molecular flexibility index (Phi) is 3.58. The molecule has 0 spiro atoms. The molecule has 0 saturated heterocycles. The highest BCUT2D eigenvalue weighted by molar-refractivity contribution is 9.06. The smallest absolute Gasteiger partial charge is 0.370 e. The first-order valence-electron chi connectivity index (χ1n) is 5.23. The Hall–Kier alpha value is -1.62. The van der Waals surface area contributed by atoms with Gasteiger partial charge in [-0.2, -0.15) is 5.10 Å². The van der Waals surface area contributed by atoms with Crippen LogP contribution in [0.15, 0.2) is 36.5 Å². The van der Waals surface area contributed by atoms with Crippen molar-refractivity contribution in [2.45, 2.75) is 13.3 Å². The number of hydrogen-bond acceptors (Lipinski definition) is 3. The van der Waals surface area contributed by atoms with Crippen LogP contribution < -0.4 is 0 Å². The van der Waals surface area contributed by atoms with Gasteiger partial charge in [0.2, 0.25) is 0 Å². The minimum absolute atomic E-state index is 0.341. The summed E-state index contributed by atoms with van der Waals surface area (Å²) < 4.78 is 6.20. The van der Waals surface area contributed by atoms with Crippen molar-refractivity contribution in [3.8, 4) is 5.69 Å². The second-order valence-corrected chi connectivity index (χ2v) is 3.82. The highest BCUT2D eigenvalue weighted by atomic mass is 79.9. The van der Waals surface area contributed by atoms with Crippen LogP contribution in [0.5, 0.6) is 0 Å². The number of carbonyl (C=O) groups is 1. The van der Waals surface area contributed by atoms with E-state index in [-0.39, 0.29) is 0 Å². The molecule has 17 heavy (non-hydrogen) atoms. The lowest BCUT2D eigenvalue weighted by atomic mass is 10.2. The third-order valence-corrected chi connectivity index (χ3v) is 2.75. The lowest BCUT2D eigenvalue weighted by molar-refractivity contribution is 0.0774. The molecule has 0 fully saturated rings. The van der Waals surface area contributed by atoms with Crippen LogP contribution in [0.3, 0.4) is 0 Å². The maximum absolute atomic E-state index is 11.5. The summed E-state index contributed by atoms with van der Waals surface area (Å²) in [5, 5.41) is 4.23. The van der Waals surface area contributed by atoms with E-state index in [0.29, 0.717) is 5.69 Å². The zero-order valence-electron chi connectivity index (χ0n) is 9.26. The van der Waals surface area contributed by atoms with Gasteiger partial charge in [-0.15, -0.1) is 0 Å². The van der Waals surface area contributed by atoms with E-state index in [4.69, 9.17) is 0 Å². The van der Waals surface area contributed by atoms with Gasteiger partial charge in [0.05, 0.1) is 5.69 Å². The molecule has 1 aromatic heterocycles. The quantitative estimate of drug-likeness (QED) is 0.874. The Morgan fingerprint density at radius 1 is 1.41 bits per heavy atom. The highest BCUT2D eigenvalue weighted by Gasteiger charge is 2.17. The van der Waals surface area contributed by atoms with Gasteiger partial charge in [-0.05, 0) is 18.6 Å². The molecule has 0 radical (unpaired) electrons. The molecule has 5 heteroatoms. The monoisotopic (exact) mass is 294 g/mol. The van der Waals surface area contributed by atoms with Crippen molar-refractivity contribution in [1.29, 1.82) is 0 Å². The number of carbonyl (C=O) groups excluding carboxylic acids is 1. The summed E-state index contributed by atoms with van der Waals surface area (Å²) in [6.07, 6.45) is 2.57. The van der Waals surface area contributed by atoms with E-state index in [2.05, 4.69) is 25.2 Å². The lowest BCUT2D eigenvalue weighted by Gasteiger charge is -1.98. The van der Waals surface area contributed by atoms with E-state index in [0.717, 1.165) is 17.7 Å². The summed E-state index contributed by atoms with van der Waals surface area (Å²) >= 11 is 2.68. The second kappa shape index (κ2) is 5.14. The number of aromatic nitrogens is 2. The summed E-state index contributed by atoms with van der Waals surface area (Å²) in [4.78, 5) is 11.5. The fraction of sp³-hybridized carbons (Fsp3) is 0.167. The van der Waals surface area contributed by atoms with Gasteiger partial charge >= 0.3 is 5.97 Å². The fourth-order valence-electron chi connectivity index (χ4n) is 1.59. The largest absolute Gasteiger partial charge is 0.379 e. The van der Waals surface area contributed by atoms with Gasteiger partial charge < -0.3 is 3.83 Å². The molecule has 0 amide bonds. The number of para-hydroxylation sites is 1. The minimum atomic E-state index is -0.475. The van der Waals surface area contributed by atoms with Crippen LogP contribution in [0.1, 0.15) is 23.0 Å². The fourth-order valence-corrected chi connectivity index (χ4v) is 1.74. The van der Waals surface area contributed by atoms with Gasteiger partial charge in [0.1, 0.15) is 0 Å². The van der Waals surface area contributed by atoms with Crippen LogP contribution in [0.4, 0.5) is 0 Å². The number of aryl methyl sites for hydroxylation is 1. The molecular weight excluding hydrogens is 284 g/mol. The van der Waals surface area contributed by atoms with Crippen LogP contribution >= 0.6 is 16.3 Å². The first kappa shape index (κ1) is 11.9. The van der Waals surface area contributed by atoms with Crippen molar-refractivity contribution in [1.82, 2.24) is 9.78 Å². The van der Waals surface area contributed by atoms with E-state index in [1.165, 1.54) is 0 Å². The molecule has 0 aliphatic heterocycles. The van der Waals surface area contributed by atoms with Gasteiger partial charge in [-0.1, -0.05) is 25.1 Å². The average molecular weight is 295 g/mol. The third-order valence-electron chi connectivity index (χ3n) is 2.46. The first-order chi connectivity index (χ1) is 8.26. The Morgan fingerprint density at radius 2 is 2.12 bits per heavy atom. The minimum Gasteiger partial charge on any atom is -0.379 e. The van der Waals surface area contributed by atoms with E-state index in [9.17, 15) is 4.79 Å². The predicted molar refractivity (Wildman–Crippen MR) is 67.3 cm³/mol. The predicted octanol–water partition coefficient (Wildman–Crippen LogP) is 2.90. The maximum atomic E-state index is 11.5. The van der Waals surface area contributed by atoms with Gasteiger partial charge in [-0.25, -0.2) is 9.48 Å². The Balaban J connectivity index is 2.45. The molecule has 0 N–H and O–H groups in total. The van der Waals surface area contributed by atoms with Crippen molar-refractivity contribution >= 4 is 22.2 Å². The zero-order chi connectivity index (χ0) is 12.3. The molecule has 2 rings (SSSR count). The molecule has 4 nitrogen and oxygen atoms in total. The first-order valence-corrected chi connectivity index (χ1v) is 5.88. The summed E-state index contributed by atoms with van der Waals surface area (Å²) in [6.45, 7) is 1.97. The average Bonchev–Trinajstić information content (AvgIpc) is 2.83. The van der Waals surface area contributed by atoms with Crippen molar-refractivity contribution in [2.24, 2.45) is 0 Å². The van der Waals surface area contributed by atoms with E-state index < -0.39 is 5.97 Å². The molecule has 0 unspecified atom stereocenters. The van der Waals surface area contributed by atoms with Crippen molar-refractivity contribution in [2.75, 3.05) is 0 Å². The molecule has 0 aliphatic rings. The molecule has 0 atom stereocenters. The highest BCUT2D eigenvalue weighted by Crippen LogP contribution is 2.14. The zero-order valence-corrected chi connectivity index (χ0v) is 10.8. The second-order valence-electron chi connectivity index (χ2n) is 3.50. The topological polar surface area (TPSA) is 44.1 Å². The summed E-state index contributed by atoms with van der Waals surface area (Å²) in [6, 6.07) is 9.63. The number of benzene rings is 1. The van der Waals surface area contributed by atoms with Crippen LogP contribution in [0, 0.1) is 0 Å². The summed E-state index contributed by atoms with van der Waals surface area (Å²) in [5.74, 6) is -0.475. The molecule has 1 heterocycles. The van der Waals surface area contributed by atoms with Gasteiger partial charge in [0, 0.05) is 11.8 Å². The van der Waals surface area contributed by atoms with E-state index >= 15 is 0 Å². The van der Waals surface area contributed by atoms with Crippen LogP contribution in [-0.2, 0) is 10.2 Å². The lowest BCUT2D eigenvalue weighted by Crippen LogP contribution is -2.03. The molecule has 88 valence electrons. The molecule has 2 aromatic rings. The molecule has 0 saturated carbocycles. The molecular formula is C12H11BrN2O2. The number of halogens is 1. The number of nitrogens with zero attached hydrogens (tertiary/aromatic N) is 2. The van der Waals surface area contributed by atoms with E-state index in [1.807, 2.05) is 43.5 Å². The van der Waals surface area contributed by atoms with Crippen LogP contribution in [0.2, 0.25) is 0 Å². The van der Waals surface area contributed by atoms with Crippen molar-refractivity contribution in [3.63, 3.8) is 0 Å². The standard InChI is InChI=1S/C12H11BrN2O2/c1-2-9-8-15(10-6-4-3-5-7-10)14-11(9)12(16)17-13/h3-8H,2H2,1H3. The van der Waals surface area contributed by atoms with Crippen molar-refractivity contribution in [3.05, 3.63) is 47.8 Å². The maximum Gasteiger partial charge on any atom is 0.370 e. The summed E-state index contributed by atoms with van der Waals surface area (Å²) in [7, 11) is 0. The number of hydrogen-bond donors (Lipinski definition) is 0. The third kappa shape index (κ3) is 2.39. The molecule has 0 bridgehead atoms. The Bertz CT molecular complexity index is 523. The number of rotatable bonds is 3. The van der Waals surface area contributed by atoms with Gasteiger partial charge in [0.25, 0.3) is 0 Å². The van der Waals surface area contributed by atoms with Crippen LogP contribution in [0.25, 0.3) is 5.69 Å². The molecule has 0 aliphatic carbocycles. The normalized spacial score (nSPS) is 10.2. The SMILES string of the molecule is CCc1cn(-c2ccccc2)nc1C(=O)OBr. The van der Waals surface area contributed by atoms with E-state index in [1.54, 1.807) is 4.68 Å². The molecule has 1 aromatic carbocycles. The van der Waals surface area contributed by atoms with Gasteiger partial charge in [-0.3, -0.25) is 0 Å². The van der Waals surface area contributed by atoms with Gasteiger partial charge in [0.15, 0.2) is 22.0 Å². The Labute approximate surface area is 108 Å². The summed E-state index contributed by atoms with van der Waals surface area (Å²) in [5.41, 5.74) is 2.11.